The first-order valence-corrected chi connectivity index (χ1v) is 19.3. The highest BCUT2D eigenvalue weighted by Gasteiger charge is 2.60. The molecule has 2 saturated heterocycles. The molecule has 0 spiro atoms. The number of carbonyl (C=O) groups is 5. The molecule has 50 heavy (non-hydrogen) atoms. The van der Waals surface area contributed by atoms with E-state index in [9.17, 15) is 24.0 Å². The Hall–Kier alpha value is -3.26. The molecular formula is C36H67N9O5. The van der Waals surface area contributed by atoms with Crippen molar-refractivity contribution in [1.82, 2.24) is 31.5 Å². The van der Waals surface area contributed by atoms with Crippen LogP contribution in [0.15, 0.2) is 4.99 Å². The van der Waals surface area contributed by atoms with Crippen LogP contribution in [0.25, 0.3) is 0 Å². The van der Waals surface area contributed by atoms with Gasteiger partial charge in [-0.1, -0.05) is 72.1 Å². The van der Waals surface area contributed by atoms with Crippen molar-refractivity contribution in [3.63, 3.8) is 0 Å². The minimum Gasteiger partial charge on any atom is -0.370 e. The average molecular weight is 706 g/mol. The van der Waals surface area contributed by atoms with E-state index in [-0.39, 0.29) is 55.3 Å². The molecule has 1 saturated carbocycles. The van der Waals surface area contributed by atoms with Crippen LogP contribution in [-0.2, 0) is 24.0 Å². The average Bonchev–Trinajstić information content (AvgIpc) is 3.90. The van der Waals surface area contributed by atoms with E-state index in [2.05, 4.69) is 45.4 Å². The minimum absolute atomic E-state index is 0. The monoisotopic (exact) mass is 706 g/mol. The van der Waals surface area contributed by atoms with E-state index in [1.165, 1.54) is 0 Å². The molecule has 286 valence electrons. The molecule has 5 atom stereocenters. The Bertz CT molecular complexity index is 1160. The molecule has 9 N–H and O–H groups in total. The second-order valence-corrected chi connectivity index (χ2v) is 14.5. The summed E-state index contributed by atoms with van der Waals surface area (Å²) in [5, 5.41) is 15.1. The van der Waals surface area contributed by atoms with Gasteiger partial charge < -0.3 is 38.1 Å². The molecular weight excluding hydrogens is 638 g/mol. The van der Waals surface area contributed by atoms with Crippen LogP contribution in [0, 0.1) is 5.92 Å². The summed E-state index contributed by atoms with van der Waals surface area (Å²) in [5.41, 5.74) is 10.0. The fourth-order valence-corrected chi connectivity index (χ4v) is 7.11. The van der Waals surface area contributed by atoms with Crippen LogP contribution in [0.1, 0.15) is 125 Å². The number of hydrogen-bond donors (Lipinski definition) is 7. The summed E-state index contributed by atoms with van der Waals surface area (Å²) in [6.07, 6.45) is 13.7. The third-order valence-corrected chi connectivity index (χ3v) is 10.4. The van der Waals surface area contributed by atoms with Gasteiger partial charge in [0.05, 0.1) is 17.6 Å². The maximum Gasteiger partial charge on any atom is 0.243 e. The van der Waals surface area contributed by atoms with Gasteiger partial charge in [-0.2, -0.15) is 0 Å². The molecule has 2 heterocycles. The quantitative estimate of drug-likeness (QED) is 0.0441. The highest BCUT2D eigenvalue weighted by molar-refractivity contribution is 6.01. The molecule has 14 heteroatoms. The largest absolute Gasteiger partial charge is 0.370 e. The molecule has 0 aromatic carbocycles. The number of amides is 4. The second-order valence-electron chi connectivity index (χ2n) is 14.5. The van der Waals surface area contributed by atoms with E-state index in [1.54, 1.807) is 0 Å². The Labute approximate surface area is 300 Å². The SMILES string of the molecule is CCCCCC(C)C(=O)NCCCCCCCNC(=O)[C@H]1CN(C2(C(=O)[C@H]3CN[C@@H](CCCC)C(=O)N3)CC2)[C@@H](CCCN=C(N)N)C(=O)N1.[HH]. The molecule has 3 rings (SSSR count). The van der Waals surface area contributed by atoms with Crippen LogP contribution in [0.2, 0.25) is 0 Å². The van der Waals surface area contributed by atoms with Crippen LogP contribution < -0.4 is 38.1 Å². The maximum absolute atomic E-state index is 14.0. The Morgan fingerprint density at radius 1 is 0.880 bits per heavy atom. The van der Waals surface area contributed by atoms with Gasteiger partial charge in [0, 0.05) is 40.1 Å². The zero-order valence-electron chi connectivity index (χ0n) is 30.8. The number of nitrogens with one attached hydrogen (secondary N) is 5. The number of Topliss-reactive ketones (excluding diaryl/α,β-unsaturated/α-hetero) is 1. The number of guanidine groups is 1. The molecule has 0 radical (unpaired) electrons. The smallest absolute Gasteiger partial charge is 0.243 e. The lowest BCUT2D eigenvalue weighted by atomic mass is 9.92. The lowest BCUT2D eigenvalue weighted by Crippen LogP contribution is -2.70. The van der Waals surface area contributed by atoms with Gasteiger partial charge in [-0.25, -0.2) is 0 Å². The molecule has 2 aliphatic heterocycles. The standard InChI is InChI=1S/C36H65N9O5.H2/c1-4-6-11-15-25(3)31(47)39-20-12-9-8-10-13-21-40-32(48)28-24-45(29(34(50)44-28)17-14-22-41-35(37)38)36(18-19-36)30(46)27-23-42-26(16-7-5-2)33(49)43-27;/h25-29,42H,4-24H2,1-3H3,(H,39,47)(H,40,48)(H,43,49)(H,44,50)(H4,37,38,41);1H/t25?,26-,27+,28+,29-;/m0./s1. The summed E-state index contributed by atoms with van der Waals surface area (Å²) in [4.78, 5) is 71.9. The fourth-order valence-electron chi connectivity index (χ4n) is 7.11. The van der Waals surface area contributed by atoms with Crippen molar-refractivity contribution in [2.75, 3.05) is 32.7 Å². The number of nitrogens with two attached hydrogens (primary N) is 2. The van der Waals surface area contributed by atoms with Gasteiger partial charge in [-0.3, -0.25) is 33.9 Å². The zero-order chi connectivity index (χ0) is 36.5. The lowest BCUT2D eigenvalue weighted by Gasteiger charge is -2.44. The second kappa shape index (κ2) is 21.2. The van der Waals surface area contributed by atoms with Gasteiger partial charge in [-0.15, -0.1) is 0 Å². The van der Waals surface area contributed by atoms with Gasteiger partial charge in [0.25, 0.3) is 0 Å². The molecule has 0 aromatic rings. The van der Waals surface area contributed by atoms with Crippen molar-refractivity contribution < 1.29 is 25.4 Å². The third kappa shape index (κ3) is 12.5. The maximum atomic E-state index is 14.0. The molecule has 4 amide bonds. The molecule has 0 bridgehead atoms. The number of rotatable bonds is 24. The Morgan fingerprint density at radius 2 is 1.54 bits per heavy atom. The Balaban J connectivity index is 0.00000901. The molecule has 3 fully saturated rings. The van der Waals surface area contributed by atoms with E-state index in [4.69, 9.17) is 11.5 Å². The lowest BCUT2D eigenvalue weighted by molar-refractivity contribution is -0.144. The van der Waals surface area contributed by atoms with Crippen LogP contribution >= 0.6 is 0 Å². The first-order valence-electron chi connectivity index (χ1n) is 19.3. The molecule has 1 aliphatic carbocycles. The summed E-state index contributed by atoms with van der Waals surface area (Å²) >= 11 is 0. The molecule has 1 unspecified atom stereocenters. The van der Waals surface area contributed by atoms with Crippen molar-refractivity contribution in [1.29, 1.82) is 0 Å². The summed E-state index contributed by atoms with van der Waals surface area (Å²) < 4.78 is 0. The number of hydrogen-bond acceptors (Lipinski definition) is 8. The van der Waals surface area contributed by atoms with Crippen molar-refractivity contribution in [3.05, 3.63) is 0 Å². The van der Waals surface area contributed by atoms with Crippen molar-refractivity contribution >= 4 is 35.4 Å². The van der Waals surface area contributed by atoms with Crippen molar-refractivity contribution in [2.45, 2.75) is 153 Å². The molecule has 14 nitrogen and oxygen atoms in total. The van der Waals surface area contributed by atoms with Gasteiger partial charge >= 0.3 is 0 Å². The highest BCUT2D eigenvalue weighted by Crippen LogP contribution is 2.46. The summed E-state index contributed by atoms with van der Waals surface area (Å²) in [7, 11) is 0. The zero-order valence-corrected chi connectivity index (χ0v) is 30.8. The number of ketones is 1. The fraction of sp³-hybridized carbons (Fsp3) is 0.833. The van der Waals surface area contributed by atoms with Crippen molar-refractivity contribution in [3.8, 4) is 0 Å². The first kappa shape index (κ1) is 41.2. The predicted octanol–water partition coefficient (Wildman–Crippen LogP) is 1.60. The van der Waals surface area contributed by atoms with Crippen LogP contribution in [0.4, 0.5) is 0 Å². The van der Waals surface area contributed by atoms with E-state index >= 15 is 0 Å². The van der Waals surface area contributed by atoms with Gasteiger partial charge in [0.2, 0.25) is 23.6 Å². The van der Waals surface area contributed by atoms with E-state index in [0.717, 1.165) is 70.6 Å². The van der Waals surface area contributed by atoms with E-state index < -0.39 is 23.7 Å². The number of piperazine rings is 2. The normalized spacial score (nSPS) is 23.7. The van der Waals surface area contributed by atoms with E-state index in [1.807, 2.05) is 11.8 Å². The Kier molecular flexibility index (Phi) is 17.4. The number of carbonyl (C=O) groups excluding carboxylic acids is 5. The van der Waals surface area contributed by atoms with Gasteiger partial charge in [0.1, 0.15) is 12.1 Å². The first-order chi connectivity index (χ1) is 24.0. The van der Waals surface area contributed by atoms with Crippen LogP contribution in [0.5, 0.6) is 0 Å². The third-order valence-electron chi connectivity index (χ3n) is 10.4. The topological polar surface area (TPSA) is 213 Å². The highest BCUT2D eigenvalue weighted by atomic mass is 16.2. The number of unbranched alkanes of at least 4 members (excludes halogenated alkanes) is 7. The number of nitrogens with zero attached hydrogens (tertiary/aromatic N) is 2. The van der Waals surface area contributed by atoms with Crippen LogP contribution in [-0.4, -0.2) is 103 Å². The predicted molar refractivity (Wildman–Crippen MR) is 197 cm³/mol. The molecule has 3 aliphatic rings. The summed E-state index contributed by atoms with van der Waals surface area (Å²) in [6.45, 7) is 8.29. The molecule has 0 aromatic heterocycles. The number of aliphatic imine (C=N–C) groups is 1. The van der Waals surface area contributed by atoms with Crippen molar-refractivity contribution in [2.24, 2.45) is 22.4 Å². The van der Waals surface area contributed by atoms with Crippen LogP contribution in [0.3, 0.4) is 0 Å². The summed E-state index contributed by atoms with van der Waals surface area (Å²) in [6, 6.07) is -2.43. The van der Waals surface area contributed by atoms with E-state index in [0.29, 0.717) is 58.3 Å². The minimum atomic E-state index is -0.917. The van der Waals surface area contributed by atoms with Gasteiger partial charge in [0.15, 0.2) is 11.7 Å². The summed E-state index contributed by atoms with van der Waals surface area (Å²) in [5.74, 6) is -0.679. The Morgan fingerprint density at radius 3 is 2.18 bits per heavy atom. The van der Waals surface area contributed by atoms with Gasteiger partial charge in [-0.05, 0) is 51.4 Å².